The summed E-state index contributed by atoms with van der Waals surface area (Å²) in [5, 5.41) is 10.4. The van der Waals surface area contributed by atoms with E-state index in [1.54, 1.807) is 0 Å². The Labute approximate surface area is 79.0 Å². The van der Waals surface area contributed by atoms with Crippen molar-refractivity contribution >= 4 is 0 Å². The molecule has 0 aromatic carbocycles. The van der Waals surface area contributed by atoms with Crippen LogP contribution in [0.15, 0.2) is 0 Å². The van der Waals surface area contributed by atoms with Gasteiger partial charge in [-0.1, -0.05) is 0 Å². The van der Waals surface area contributed by atoms with Crippen molar-refractivity contribution in [2.45, 2.75) is 37.9 Å². The Morgan fingerprint density at radius 2 is 2.23 bits per heavy atom. The smallest absolute Gasteiger partial charge is 0.0977 e. The summed E-state index contributed by atoms with van der Waals surface area (Å²) >= 11 is 0. The third-order valence-electron chi connectivity index (χ3n) is 3.44. The molecule has 3 nitrogen and oxygen atoms in total. The summed E-state index contributed by atoms with van der Waals surface area (Å²) in [5.74, 6) is 0.277. The molecular weight excluding hydrogens is 168 g/mol. The van der Waals surface area contributed by atoms with Crippen LogP contribution in [0.25, 0.3) is 0 Å². The van der Waals surface area contributed by atoms with E-state index in [-0.39, 0.29) is 12.0 Å². The number of rotatable bonds is 1. The maximum absolute atomic E-state index is 10.4. The van der Waals surface area contributed by atoms with E-state index in [0.717, 1.165) is 25.9 Å². The number of aliphatic hydroxyl groups is 1. The minimum atomic E-state index is -0.625. The van der Waals surface area contributed by atoms with Gasteiger partial charge in [-0.3, -0.25) is 0 Å². The largest absolute Gasteiger partial charge is 0.387 e. The normalized spacial score (nSPS) is 46.6. The van der Waals surface area contributed by atoms with Crippen LogP contribution in [-0.2, 0) is 9.47 Å². The quantitative estimate of drug-likeness (QED) is 0.662. The average Bonchev–Trinajstić information content (AvgIpc) is 2.50. The van der Waals surface area contributed by atoms with Gasteiger partial charge in [0.25, 0.3) is 0 Å². The summed E-state index contributed by atoms with van der Waals surface area (Å²) in [7, 11) is 0. The number of hydrogen-bond donors (Lipinski definition) is 1. The monoisotopic (exact) mass is 186 g/mol. The fraction of sp³-hybridized carbons (Fsp3) is 1.00. The molecule has 76 valence electrons. The van der Waals surface area contributed by atoms with Crippen LogP contribution >= 0.6 is 0 Å². The molecule has 2 rings (SSSR count). The lowest BCUT2D eigenvalue weighted by molar-refractivity contribution is -0.109. The lowest BCUT2D eigenvalue weighted by atomic mass is 9.79. The minimum absolute atomic E-state index is 0.0285. The molecule has 0 aromatic rings. The van der Waals surface area contributed by atoms with Crippen molar-refractivity contribution in [3.63, 3.8) is 0 Å². The Hall–Kier alpha value is -0.120. The van der Waals surface area contributed by atoms with Crippen molar-refractivity contribution in [3.05, 3.63) is 0 Å². The lowest BCUT2D eigenvalue weighted by Crippen LogP contribution is -2.47. The Balaban J connectivity index is 2.03. The molecule has 2 fully saturated rings. The topological polar surface area (TPSA) is 38.7 Å². The Morgan fingerprint density at radius 3 is 2.77 bits per heavy atom. The van der Waals surface area contributed by atoms with Crippen molar-refractivity contribution in [2.24, 2.45) is 5.92 Å². The van der Waals surface area contributed by atoms with Crippen LogP contribution in [0, 0.1) is 5.92 Å². The van der Waals surface area contributed by atoms with Gasteiger partial charge in [0.2, 0.25) is 0 Å². The van der Waals surface area contributed by atoms with E-state index in [1.165, 1.54) is 0 Å². The van der Waals surface area contributed by atoms with Gasteiger partial charge in [-0.2, -0.15) is 0 Å². The van der Waals surface area contributed by atoms with E-state index in [0.29, 0.717) is 13.2 Å². The SMILES string of the molecule is CC1OCCC1(O)C1CCCOC1. The van der Waals surface area contributed by atoms with Gasteiger partial charge >= 0.3 is 0 Å². The summed E-state index contributed by atoms with van der Waals surface area (Å²) in [4.78, 5) is 0. The fourth-order valence-electron chi connectivity index (χ4n) is 2.42. The molecule has 0 aliphatic carbocycles. The molecule has 2 heterocycles. The average molecular weight is 186 g/mol. The van der Waals surface area contributed by atoms with Crippen LogP contribution in [0.1, 0.15) is 26.2 Å². The van der Waals surface area contributed by atoms with Crippen LogP contribution in [0.4, 0.5) is 0 Å². The molecule has 0 amide bonds. The van der Waals surface area contributed by atoms with Crippen LogP contribution < -0.4 is 0 Å². The molecule has 13 heavy (non-hydrogen) atoms. The highest BCUT2D eigenvalue weighted by Gasteiger charge is 2.46. The lowest BCUT2D eigenvalue weighted by Gasteiger charge is -2.37. The van der Waals surface area contributed by atoms with Crippen molar-refractivity contribution in [2.75, 3.05) is 19.8 Å². The maximum Gasteiger partial charge on any atom is 0.0977 e. The van der Waals surface area contributed by atoms with Gasteiger partial charge in [0.05, 0.1) is 18.3 Å². The summed E-state index contributed by atoms with van der Waals surface area (Å²) in [5.41, 5.74) is -0.625. The first-order chi connectivity index (χ1) is 6.23. The van der Waals surface area contributed by atoms with Gasteiger partial charge in [-0.15, -0.1) is 0 Å². The Morgan fingerprint density at radius 1 is 1.38 bits per heavy atom. The van der Waals surface area contributed by atoms with Gasteiger partial charge in [0.1, 0.15) is 0 Å². The van der Waals surface area contributed by atoms with E-state index >= 15 is 0 Å². The summed E-state index contributed by atoms with van der Waals surface area (Å²) < 4.78 is 10.8. The number of ether oxygens (including phenoxy) is 2. The zero-order valence-corrected chi connectivity index (χ0v) is 8.16. The highest BCUT2D eigenvalue weighted by Crippen LogP contribution is 2.36. The van der Waals surface area contributed by atoms with Crippen molar-refractivity contribution in [3.8, 4) is 0 Å². The van der Waals surface area contributed by atoms with Crippen LogP contribution in [-0.4, -0.2) is 36.6 Å². The first kappa shape index (κ1) is 9.44. The highest BCUT2D eigenvalue weighted by atomic mass is 16.5. The molecule has 3 atom stereocenters. The van der Waals surface area contributed by atoms with Gasteiger partial charge in [-0.05, 0) is 19.8 Å². The highest BCUT2D eigenvalue weighted by molar-refractivity contribution is 4.96. The predicted molar refractivity (Wildman–Crippen MR) is 48.5 cm³/mol. The molecule has 0 saturated carbocycles. The van der Waals surface area contributed by atoms with Crippen LogP contribution in [0.3, 0.4) is 0 Å². The van der Waals surface area contributed by atoms with E-state index in [4.69, 9.17) is 9.47 Å². The van der Waals surface area contributed by atoms with Crippen molar-refractivity contribution < 1.29 is 14.6 Å². The third-order valence-corrected chi connectivity index (χ3v) is 3.44. The van der Waals surface area contributed by atoms with Gasteiger partial charge < -0.3 is 14.6 Å². The summed E-state index contributed by atoms with van der Waals surface area (Å²) in [6.45, 7) is 4.20. The molecule has 0 radical (unpaired) electrons. The predicted octanol–water partition coefficient (Wildman–Crippen LogP) is 0.953. The zero-order valence-electron chi connectivity index (χ0n) is 8.16. The molecule has 3 unspecified atom stereocenters. The van der Waals surface area contributed by atoms with Gasteiger partial charge in [0.15, 0.2) is 0 Å². The van der Waals surface area contributed by atoms with E-state index in [2.05, 4.69) is 0 Å². The Kier molecular flexibility index (Phi) is 2.58. The molecule has 0 aromatic heterocycles. The first-order valence-corrected chi connectivity index (χ1v) is 5.15. The summed E-state index contributed by atoms with van der Waals surface area (Å²) in [6, 6.07) is 0. The van der Waals surface area contributed by atoms with E-state index in [1.807, 2.05) is 6.92 Å². The van der Waals surface area contributed by atoms with Gasteiger partial charge in [-0.25, -0.2) is 0 Å². The second kappa shape index (κ2) is 3.56. The van der Waals surface area contributed by atoms with E-state index < -0.39 is 5.60 Å². The standard InChI is InChI=1S/C10H18O3/c1-8-10(11,4-6-13-8)9-3-2-5-12-7-9/h8-9,11H,2-7H2,1H3. The van der Waals surface area contributed by atoms with Crippen molar-refractivity contribution in [1.82, 2.24) is 0 Å². The van der Waals surface area contributed by atoms with Crippen LogP contribution in [0.2, 0.25) is 0 Å². The molecule has 1 N–H and O–H groups in total. The molecule has 0 spiro atoms. The van der Waals surface area contributed by atoms with Gasteiger partial charge in [0, 0.05) is 25.6 Å². The molecule has 3 heteroatoms. The maximum atomic E-state index is 10.4. The second-order valence-electron chi connectivity index (χ2n) is 4.17. The number of hydrogen-bond acceptors (Lipinski definition) is 3. The second-order valence-corrected chi connectivity index (χ2v) is 4.17. The fourth-order valence-corrected chi connectivity index (χ4v) is 2.42. The molecule has 2 aliphatic heterocycles. The third kappa shape index (κ3) is 1.60. The zero-order chi connectivity index (χ0) is 9.31. The van der Waals surface area contributed by atoms with Crippen LogP contribution in [0.5, 0.6) is 0 Å². The minimum Gasteiger partial charge on any atom is -0.387 e. The molecule has 2 aliphatic rings. The first-order valence-electron chi connectivity index (χ1n) is 5.15. The Bertz CT molecular complexity index is 177. The van der Waals surface area contributed by atoms with E-state index in [9.17, 15) is 5.11 Å². The summed E-state index contributed by atoms with van der Waals surface area (Å²) in [6.07, 6.45) is 2.88. The van der Waals surface area contributed by atoms with Crippen molar-refractivity contribution in [1.29, 1.82) is 0 Å². The molecular formula is C10H18O3. The molecule has 2 saturated heterocycles. The molecule has 0 bridgehead atoms.